The van der Waals surface area contributed by atoms with Crippen molar-refractivity contribution in [3.8, 4) is 17.0 Å². The topological polar surface area (TPSA) is 80.2 Å². The number of ether oxygens (including phenoxy) is 1. The minimum Gasteiger partial charge on any atom is -0.490 e. The molecule has 4 heterocycles. The molecular weight excluding hydrogens is 354 g/mol. The van der Waals surface area contributed by atoms with Crippen molar-refractivity contribution in [2.45, 2.75) is 20.3 Å². The van der Waals surface area contributed by atoms with E-state index in [1.165, 1.54) is 0 Å². The maximum atomic E-state index is 13.0. The first-order valence-electron chi connectivity index (χ1n) is 9.17. The number of rotatable bonds is 2. The van der Waals surface area contributed by atoms with Crippen LogP contribution in [0.2, 0.25) is 0 Å². The van der Waals surface area contributed by atoms with Gasteiger partial charge in [0.1, 0.15) is 0 Å². The van der Waals surface area contributed by atoms with E-state index < -0.39 is 0 Å². The summed E-state index contributed by atoms with van der Waals surface area (Å²) in [4.78, 5) is 27.8. The number of hydrogen-bond acceptors (Lipinski definition) is 5. The molecule has 0 bridgehead atoms. The molecule has 3 aromatic heterocycles. The van der Waals surface area contributed by atoms with Gasteiger partial charge in [0, 0.05) is 30.2 Å². The lowest BCUT2D eigenvalue weighted by atomic mass is 10.1. The molecule has 0 saturated carbocycles. The van der Waals surface area contributed by atoms with Crippen LogP contribution in [0.25, 0.3) is 11.3 Å². The third-order valence-electron chi connectivity index (χ3n) is 4.46. The molecule has 0 atom stereocenters. The van der Waals surface area contributed by atoms with E-state index in [1.54, 1.807) is 23.5 Å². The van der Waals surface area contributed by atoms with E-state index in [0.29, 0.717) is 30.4 Å². The molecule has 142 valence electrons. The van der Waals surface area contributed by atoms with Crippen LogP contribution >= 0.6 is 0 Å². The Hall–Kier alpha value is -3.48. The van der Waals surface area contributed by atoms with E-state index in [1.807, 2.05) is 44.2 Å². The molecule has 4 rings (SSSR count). The molecule has 1 aliphatic rings. The Balaban J connectivity index is 1.67. The van der Waals surface area contributed by atoms with Gasteiger partial charge in [-0.2, -0.15) is 0 Å². The summed E-state index contributed by atoms with van der Waals surface area (Å²) in [7, 11) is 0. The number of anilines is 2. The SMILES string of the molecule is Cc1cncc(NC(=O)N2CCCOc3ccc(-c4ccc(C)nc4)nc32)c1. The van der Waals surface area contributed by atoms with Crippen molar-refractivity contribution < 1.29 is 9.53 Å². The Labute approximate surface area is 163 Å². The van der Waals surface area contributed by atoms with E-state index in [4.69, 9.17) is 9.72 Å². The molecule has 1 aliphatic heterocycles. The largest absolute Gasteiger partial charge is 0.490 e. The number of aryl methyl sites for hydroxylation is 2. The maximum Gasteiger partial charge on any atom is 0.327 e. The van der Waals surface area contributed by atoms with Crippen LogP contribution in [0.3, 0.4) is 0 Å². The van der Waals surface area contributed by atoms with E-state index in [9.17, 15) is 4.79 Å². The average molecular weight is 375 g/mol. The fourth-order valence-corrected chi connectivity index (χ4v) is 3.04. The Morgan fingerprint density at radius 3 is 2.82 bits per heavy atom. The number of hydrogen-bond donors (Lipinski definition) is 1. The van der Waals surface area contributed by atoms with Gasteiger partial charge in [-0.05, 0) is 56.2 Å². The van der Waals surface area contributed by atoms with Gasteiger partial charge in [0.15, 0.2) is 11.6 Å². The number of fused-ring (bicyclic) bond motifs is 1. The lowest BCUT2D eigenvalue weighted by Crippen LogP contribution is -2.36. The fraction of sp³-hybridized carbons (Fsp3) is 0.238. The number of nitrogens with zero attached hydrogens (tertiary/aromatic N) is 4. The molecule has 7 nitrogen and oxygen atoms in total. The summed E-state index contributed by atoms with van der Waals surface area (Å²) >= 11 is 0. The summed E-state index contributed by atoms with van der Waals surface area (Å²) in [5, 5.41) is 2.90. The zero-order chi connectivity index (χ0) is 19.5. The Morgan fingerprint density at radius 1 is 1.14 bits per heavy atom. The van der Waals surface area contributed by atoms with Crippen LogP contribution in [-0.4, -0.2) is 34.1 Å². The van der Waals surface area contributed by atoms with Crippen LogP contribution in [0.4, 0.5) is 16.3 Å². The van der Waals surface area contributed by atoms with E-state index in [2.05, 4.69) is 15.3 Å². The molecular formula is C21H21N5O2. The van der Waals surface area contributed by atoms with Crippen LogP contribution in [0.15, 0.2) is 48.9 Å². The number of amides is 2. The number of carbonyl (C=O) groups excluding carboxylic acids is 1. The molecule has 0 saturated heterocycles. The first-order valence-corrected chi connectivity index (χ1v) is 9.17. The minimum atomic E-state index is -0.258. The summed E-state index contributed by atoms with van der Waals surface area (Å²) in [6, 6.07) is 9.27. The highest BCUT2D eigenvalue weighted by molar-refractivity contribution is 6.02. The molecule has 0 aromatic carbocycles. The van der Waals surface area contributed by atoms with Gasteiger partial charge in [0.2, 0.25) is 0 Å². The van der Waals surface area contributed by atoms with Gasteiger partial charge in [0.05, 0.1) is 24.2 Å². The van der Waals surface area contributed by atoms with Gasteiger partial charge < -0.3 is 10.1 Å². The fourth-order valence-electron chi connectivity index (χ4n) is 3.04. The molecule has 0 radical (unpaired) electrons. The van der Waals surface area contributed by atoms with Gasteiger partial charge in [-0.25, -0.2) is 9.78 Å². The molecule has 0 unspecified atom stereocenters. The van der Waals surface area contributed by atoms with Crippen LogP contribution in [-0.2, 0) is 0 Å². The molecule has 0 aliphatic carbocycles. The predicted molar refractivity (Wildman–Crippen MR) is 108 cm³/mol. The third-order valence-corrected chi connectivity index (χ3v) is 4.46. The Morgan fingerprint density at radius 2 is 2.04 bits per heavy atom. The highest BCUT2D eigenvalue weighted by atomic mass is 16.5. The second-order valence-corrected chi connectivity index (χ2v) is 6.74. The zero-order valence-corrected chi connectivity index (χ0v) is 15.8. The Kier molecular flexibility index (Phi) is 4.89. The predicted octanol–water partition coefficient (Wildman–Crippen LogP) is 3.98. The summed E-state index contributed by atoms with van der Waals surface area (Å²) < 4.78 is 5.80. The van der Waals surface area contributed by atoms with Crippen LogP contribution in [0.1, 0.15) is 17.7 Å². The van der Waals surface area contributed by atoms with Crippen molar-refractivity contribution in [2.24, 2.45) is 0 Å². The smallest absolute Gasteiger partial charge is 0.327 e. The molecule has 3 aromatic rings. The highest BCUT2D eigenvalue weighted by Gasteiger charge is 2.24. The number of urea groups is 1. The van der Waals surface area contributed by atoms with Crippen LogP contribution in [0.5, 0.6) is 5.75 Å². The normalized spacial score (nSPS) is 13.3. The second-order valence-electron chi connectivity index (χ2n) is 6.74. The minimum absolute atomic E-state index is 0.258. The van der Waals surface area contributed by atoms with Gasteiger partial charge in [0.25, 0.3) is 0 Å². The molecule has 0 fully saturated rings. The van der Waals surface area contributed by atoms with Crippen LogP contribution < -0.4 is 15.0 Å². The molecule has 28 heavy (non-hydrogen) atoms. The summed E-state index contributed by atoms with van der Waals surface area (Å²) in [5.74, 6) is 1.10. The highest BCUT2D eigenvalue weighted by Crippen LogP contribution is 2.32. The first kappa shape index (κ1) is 17.9. The quantitative estimate of drug-likeness (QED) is 0.733. The van der Waals surface area contributed by atoms with Crippen molar-refractivity contribution >= 4 is 17.5 Å². The monoisotopic (exact) mass is 375 g/mol. The molecule has 7 heteroatoms. The lowest BCUT2D eigenvalue weighted by Gasteiger charge is -2.21. The second kappa shape index (κ2) is 7.64. The molecule has 1 N–H and O–H groups in total. The van der Waals surface area contributed by atoms with Crippen molar-refractivity contribution in [1.82, 2.24) is 15.0 Å². The first-order chi connectivity index (χ1) is 13.6. The van der Waals surface area contributed by atoms with Crippen molar-refractivity contribution in [1.29, 1.82) is 0 Å². The Bertz CT molecular complexity index is 1000. The van der Waals surface area contributed by atoms with Gasteiger partial charge in [-0.1, -0.05) is 0 Å². The van der Waals surface area contributed by atoms with Gasteiger partial charge in [-0.3, -0.25) is 14.9 Å². The van der Waals surface area contributed by atoms with Crippen molar-refractivity contribution in [3.05, 3.63) is 60.2 Å². The standard InChI is InChI=1S/C21H21N5O2/c1-14-10-17(13-22-11-14)24-21(27)26-8-3-9-28-19-7-6-18(25-20(19)26)16-5-4-15(2)23-12-16/h4-7,10-13H,3,8-9H2,1-2H3,(H,24,27). The van der Waals surface area contributed by atoms with Crippen molar-refractivity contribution in [3.63, 3.8) is 0 Å². The number of pyridine rings is 3. The molecule has 0 spiro atoms. The van der Waals surface area contributed by atoms with E-state index in [-0.39, 0.29) is 6.03 Å². The van der Waals surface area contributed by atoms with E-state index in [0.717, 1.165) is 28.9 Å². The summed E-state index contributed by atoms with van der Waals surface area (Å²) in [5.41, 5.74) is 4.20. The number of carbonyl (C=O) groups is 1. The summed E-state index contributed by atoms with van der Waals surface area (Å²) in [6.45, 7) is 4.92. The third kappa shape index (κ3) is 3.78. The lowest BCUT2D eigenvalue weighted by molar-refractivity contribution is 0.256. The van der Waals surface area contributed by atoms with Crippen molar-refractivity contribution in [2.75, 3.05) is 23.4 Å². The maximum absolute atomic E-state index is 13.0. The zero-order valence-electron chi connectivity index (χ0n) is 15.8. The van der Waals surface area contributed by atoms with Gasteiger partial charge >= 0.3 is 6.03 Å². The molecule has 2 amide bonds. The van der Waals surface area contributed by atoms with Gasteiger partial charge in [-0.15, -0.1) is 0 Å². The average Bonchev–Trinajstić information content (AvgIpc) is 2.90. The number of nitrogens with one attached hydrogen (secondary N) is 1. The summed E-state index contributed by atoms with van der Waals surface area (Å²) in [6.07, 6.45) is 5.87. The van der Waals surface area contributed by atoms with E-state index >= 15 is 0 Å². The number of aromatic nitrogens is 3. The van der Waals surface area contributed by atoms with Crippen LogP contribution in [0, 0.1) is 13.8 Å².